The van der Waals surface area contributed by atoms with Crippen molar-refractivity contribution in [1.82, 2.24) is 10.2 Å². The number of nitrogens with one attached hydrogen (secondary N) is 1. The smallest absolute Gasteiger partial charge is 0.490 e. The lowest BCUT2D eigenvalue weighted by Crippen LogP contribution is -2.48. The highest BCUT2D eigenvalue weighted by atomic mass is 32.2. The number of benzene rings is 2. The summed E-state index contributed by atoms with van der Waals surface area (Å²) in [4.78, 5) is 20.5. The molecular weight excluding hydrogens is 612 g/mol. The number of carboxylic acids is 2. The number of carboxylic acid groups (broad SMARTS) is 2. The van der Waals surface area contributed by atoms with E-state index in [0.29, 0.717) is 18.3 Å². The van der Waals surface area contributed by atoms with Crippen LogP contribution in [0.15, 0.2) is 41.3 Å². The fraction of sp³-hybridized carbons (Fsp3) is 0.462. The third-order valence-corrected chi connectivity index (χ3v) is 8.14. The normalized spacial score (nSPS) is 17.1. The molecule has 43 heavy (non-hydrogen) atoms. The minimum Gasteiger partial charge on any atom is -0.495 e. The Labute approximate surface area is 243 Å². The first-order valence-corrected chi connectivity index (χ1v) is 14.1. The van der Waals surface area contributed by atoms with Crippen molar-refractivity contribution in [2.24, 2.45) is 0 Å². The first kappa shape index (κ1) is 35.6. The number of ether oxygens (including phenoxy) is 1. The molecule has 2 heterocycles. The predicted octanol–water partition coefficient (Wildman–Crippen LogP) is 3.82. The molecule has 1 atom stereocenters. The molecule has 4 rings (SSSR count). The number of aryl methyl sites for hydroxylation is 1. The third kappa shape index (κ3) is 9.72. The van der Waals surface area contributed by atoms with Crippen molar-refractivity contribution in [2.45, 2.75) is 50.1 Å². The van der Waals surface area contributed by atoms with E-state index in [9.17, 15) is 34.8 Å². The van der Waals surface area contributed by atoms with E-state index >= 15 is 0 Å². The molecule has 2 aromatic carbocycles. The van der Waals surface area contributed by atoms with E-state index in [4.69, 9.17) is 24.5 Å². The van der Waals surface area contributed by atoms with Crippen molar-refractivity contribution in [1.29, 1.82) is 0 Å². The number of rotatable bonds is 5. The number of nitrogens with zero attached hydrogens (tertiary/aromatic N) is 2. The van der Waals surface area contributed by atoms with Crippen LogP contribution in [0.4, 0.5) is 32.0 Å². The van der Waals surface area contributed by atoms with Crippen LogP contribution in [-0.2, 0) is 32.6 Å². The Kier molecular flexibility index (Phi) is 11.8. The highest BCUT2D eigenvalue weighted by Crippen LogP contribution is 2.38. The third-order valence-electron chi connectivity index (χ3n) is 6.30. The van der Waals surface area contributed by atoms with Gasteiger partial charge in [0.05, 0.1) is 12.8 Å². The van der Waals surface area contributed by atoms with Crippen LogP contribution in [0, 0.1) is 6.92 Å². The van der Waals surface area contributed by atoms with Crippen molar-refractivity contribution in [3.63, 3.8) is 0 Å². The molecule has 2 aromatic rings. The molecule has 0 aliphatic carbocycles. The maximum absolute atomic E-state index is 13.5. The summed E-state index contributed by atoms with van der Waals surface area (Å²) in [6.07, 6.45) is -9.43. The predicted molar refractivity (Wildman–Crippen MR) is 143 cm³/mol. The second kappa shape index (κ2) is 14.3. The second-order valence-electron chi connectivity index (χ2n) is 9.59. The lowest BCUT2D eigenvalue weighted by Gasteiger charge is -2.32. The van der Waals surface area contributed by atoms with Gasteiger partial charge in [0, 0.05) is 38.8 Å². The molecular formula is C26H31F6N3O7S. The Morgan fingerprint density at radius 1 is 1.02 bits per heavy atom. The molecule has 3 N–H and O–H groups in total. The van der Waals surface area contributed by atoms with Gasteiger partial charge in [0.2, 0.25) is 0 Å². The molecule has 240 valence electrons. The van der Waals surface area contributed by atoms with Gasteiger partial charge in [-0.1, -0.05) is 18.2 Å². The molecule has 0 radical (unpaired) electrons. The van der Waals surface area contributed by atoms with Gasteiger partial charge < -0.3 is 20.3 Å². The number of carbonyl (C=O) groups is 2. The minimum absolute atomic E-state index is 0.231. The van der Waals surface area contributed by atoms with E-state index < -0.39 is 34.3 Å². The van der Waals surface area contributed by atoms with E-state index in [1.165, 1.54) is 12.7 Å². The number of aliphatic carboxylic acids is 2. The molecule has 0 saturated carbocycles. The number of sulfonamides is 1. The minimum atomic E-state index is -5.08. The number of halogens is 6. The fourth-order valence-corrected chi connectivity index (χ4v) is 6.12. The number of methoxy groups -OCH3 is 1. The number of hydrogen-bond acceptors (Lipinski definition) is 7. The molecule has 0 aromatic heterocycles. The van der Waals surface area contributed by atoms with Crippen LogP contribution >= 0.6 is 0 Å². The Morgan fingerprint density at radius 3 is 2.12 bits per heavy atom. The molecule has 0 spiro atoms. The molecule has 1 unspecified atom stereocenters. The summed E-state index contributed by atoms with van der Waals surface area (Å²) in [5.41, 5.74) is 4.07. The van der Waals surface area contributed by atoms with Gasteiger partial charge in [-0.3, -0.25) is 9.21 Å². The lowest BCUT2D eigenvalue weighted by atomic mass is 10.0. The van der Waals surface area contributed by atoms with Gasteiger partial charge in [0.1, 0.15) is 10.6 Å². The molecule has 2 aliphatic rings. The molecule has 17 heteroatoms. The summed E-state index contributed by atoms with van der Waals surface area (Å²) in [6.45, 7) is 8.42. The summed E-state index contributed by atoms with van der Waals surface area (Å²) in [7, 11) is -2.18. The van der Waals surface area contributed by atoms with Gasteiger partial charge in [-0.25, -0.2) is 18.0 Å². The zero-order valence-electron chi connectivity index (χ0n) is 23.3. The largest absolute Gasteiger partial charge is 0.495 e. The molecule has 0 amide bonds. The number of piperazine rings is 1. The molecule has 1 saturated heterocycles. The van der Waals surface area contributed by atoms with E-state index in [1.807, 2.05) is 25.1 Å². The Hall–Kier alpha value is -3.57. The summed E-state index contributed by atoms with van der Waals surface area (Å²) >= 11 is 0. The highest BCUT2D eigenvalue weighted by molar-refractivity contribution is 7.93. The van der Waals surface area contributed by atoms with Crippen LogP contribution in [0.1, 0.15) is 23.6 Å². The molecule has 1 fully saturated rings. The number of fused-ring (bicyclic) bond motifs is 1. The Bertz CT molecular complexity index is 1380. The summed E-state index contributed by atoms with van der Waals surface area (Å²) < 4.78 is 97.4. The number of hydrogen-bond donors (Lipinski definition) is 3. The van der Waals surface area contributed by atoms with E-state index in [-0.39, 0.29) is 4.90 Å². The molecule has 2 aliphatic heterocycles. The maximum atomic E-state index is 13.5. The van der Waals surface area contributed by atoms with Crippen molar-refractivity contribution < 1.29 is 59.3 Å². The van der Waals surface area contributed by atoms with Crippen LogP contribution in [0.5, 0.6) is 5.75 Å². The van der Waals surface area contributed by atoms with Gasteiger partial charge in [-0.15, -0.1) is 0 Å². The second-order valence-corrected chi connectivity index (χ2v) is 11.4. The molecule has 0 bridgehead atoms. The number of alkyl halides is 6. The van der Waals surface area contributed by atoms with Crippen molar-refractivity contribution in [3.05, 3.63) is 53.1 Å². The van der Waals surface area contributed by atoms with Gasteiger partial charge >= 0.3 is 24.3 Å². The van der Waals surface area contributed by atoms with Gasteiger partial charge in [0.15, 0.2) is 0 Å². The lowest BCUT2D eigenvalue weighted by molar-refractivity contribution is -0.193. The Balaban J connectivity index is 0.000000384. The first-order chi connectivity index (χ1) is 19.8. The average Bonchev–Trinajstić information content (AvgIpc) is 3.34. The van der Waals surface area contributed by atoms with Crippen molar-refractivity contribution in [3.8, 4) is 5.75 Å². The average molecular weight is 644 g/mol. The standard InChI is InChI=1S/C22H29N3O3S.2C2HF3O2/c1-16-7-8-21(28-3)22(13-16)29(26,27)25-11-9-19-18(5-4-6-20(19)25)15-24-12-10-23-17(2)14-24;2*3-2(4,5)1(6)7/h4-8,13,17,23H,9-12,14-15H2,1-3H3;2*(H,6,7). The van der Waals surface area contributed by atoms with Crippen molar-refractivity contribution >= 4 is 27.6 Å². The van der Waals surface area contributed by atoms with Gasteiger partial charge in [-0.05, 0) is 55.2 Å². The Morgan fingerprint density at radius 2 is 1.60 bits per heavy atom. The summed E-state index contributed by atoms with van der Waals surface area (Å²) in [5.74, 6) is -5.13. The van der Waals surface area contributed by atoms with E-state index in [0.717, 1.165) is 49.4 Å². The first-order valence-electron chi connectivity index (χ1n) is 12.6. The van der Waals surface area contributed by atoms with Crippen LogP contribution < -0.4 is 14.4 Å². The molecule has 10 nitrogen and oxygen atoms in total. The van der Waals surface area contributed by atoms with Crippen LogP contribution in [0.2, 0.25) is 0 Å². The summed E-state index contributed by atoms with van der Waals surface area (Å²) in [5, 5.41) is 17.7. The highest BCUT2D eigenvalue weighted by Gasteiger charge is 2.39. The van der Waals surface area contributed by atoms with Crippen LogP contribution in [-0.4, -0.2) is 87.2 Å². The zero-order chi connectivity index (χ0) is 32.8. The summed E-state index contributed by atoms with van der Waals surface area (Å²) in [6, 6.07) is 11.8. The van der Waals surface area contributed by atoms with E-state index in [2.05, 4.69) is 23.2 Å². The fourth-order valence-electron chi connectivity index (χ4n) is 4.38. The number of anilines is 1. The SMILES string of the molecule is COc1ccc(C)cc1S(=O)(=O)N1CCc2c(CN3CCNC(C)C3)cccc21.O=C(O)C(F)(F)F.O=C(O)C(F)(F)F. The van der Waals surface area contributed by atoms with Crippen LogP contribution in [0.25, 0.3) is 0 Å². The van der Waals surface area contributed by atoms with Gasteiger partial charge in [-0.2, -0.15) is 26.3 Å². The van der Waals surface area contributed by atoms with E-state index in [1.54, 1.807) is 16.4 Å². The maximum Gasteiger partial charge on any atom is 0.490 e. The quantitative estimate of drug-likeness (QED) is 0.416. The monoisotopic (exact) mass is 643 g/mol. The van der Waals surface area contributed by atoms with Gasteiger partial charge in [0.25, 0.3) is 10.0 Å². The van der Waals surface area contributed by atoms with Crippen molar-refractivity contribution in [2.75, 3.05) is 37.6 Å². The van der Waals surface area contributed by atoms with Crippen LogP contribution in [0.3, 0.4) is 0 Å². The zero-order valence-corrected chi connectivity index (χ0v) is 24.1. The topological polar surface area (TPSA) is 136 Å².